The number of anilines is 2. The quantitative estimate of drug-likeness (QED) is 0.672. The molecule has 4 fully saturated rings. The summed E-state index contributed by atoms with van der Waals surface area (Å²) < 4.78 is 12.1. The topological polar surface area (TPSA) is 103 Å². The minimum absolute atomic E-state index is 0.0295. The van der Waals surface area contributed by atoms with Crippen molar-refractivity contribution in [3.63, 3.8) is 0 Å². The van der Waals surface area contributed by atoms with Crippen molar-refractivity contribution in [2.75, 3.05) is 19.5 Å². The van der Waals surface area contributed by atoms with E-state index in [1.165, 1.54) is 4.68 Å². The van der Waals surface area contributed by atoms with E-state index in [9.17, 15) is 14.7 Å². The van der Waals surface area contributed by atoms with E-state index in [1.807, 2.05) is 0 Å². The van der Waals surface area contributed by atoms with E-state index >= 15 is 0 Å². The maximum atomic E-state index is 13.3. The van der Waals surface area contributed by atoms with Crippen LogP contribution in [0.2, 0.25) is 5.02 Å². The van der Waals surface area contributed by atoms with Crippen molar-refractivity contribution in [3.8, 4) is 11.5 Å². The molecule has 2 N–H and O–H groups in total. The number of carboxylic acid groups (broad SMARTS) is 1. The Bertz CT molecular complexity index is 1110. The van der Waals surface area contributed by atoms with Gasteiger partial charge in [-0.3, -0.25) is 9.59 Å². The van der Waals surface area contributed by atoms with Crippen molar-refractivity contribution in [2.45, 2.75) is 44.1 Å². The Labute approximate surface area is 190 Å². The third-order valence-electron chi connectivity index (χ3n) is 7.48. The molecule has 2 unspecified atom stereocenters. The molecule has 1 aromatic carbocycles. The van der Waals surface area contributed by atoms with E-state index in [-0.39, 0.29) is 5.02 Å². The summed E-state index contributed by atoms with van der Waals surface area (Å²) in [5, 5.41) is 17.7. The van der Waals surface area contributed by atoms with E-state index in [0.717, 1.165) is 19.3 Å². The molecule has 170 valence electrons. The van der Waals surface area contributed by atoms with E-state index in [0.29, 0.717) is 54.0 Å². The fraction of sp³-hybridized carbons (Fsp3) is 0.522. The van der Waals surface area contributed by atoms with Gasteiger partial charge in [-0.15, -0.1) is 0 Å². The highest BCUT2D eigenvalue weighted by Crippen LogP contribution is 2.63. The van der Waals surface area contributed by atoms with Crippen molar-refractivity contribution in [1.29, 1.82) is 0 Å². The number of ether oxygens (including phenoxy) is 2. The van der Waals surface area contributed by atoms with Crippen LogP contribution in [0, 0.1) is 17.3 Å². The number of nitrogens with zero attached hydrogens (tertiary/aromatic N) is 2. The van der Waals surface area contributed by atoms with Gasteiger partial charge >= 0.3 is 5.97 Å². The Morgan fingerprint density at radius 3 is 2.34 bits per heavy atom. The predicted molar refractivity (Wildman–Crippen MR) is 119 cm³/mol. The molecule has 0 amide bonds. The third-order valence-corrected chi connectivity index (χ3v) is 7.85. The van der Waals surface area contributed by atoms with Gasteiger partial charge in [-0.05, 0) is 50.4 Å². The molecule has 0 radical (unpaired) electrons. The molecule has 4 bridgehead atoms. The second-order valence-corrected chi connectivity index (χ2v) is 9.96. The summed E-state index contributed by atoms with van der Waals surface area (Å²) in [7, 11) is 3.12. The van der Waals surface area contributed by atoms with Crippen LogP contribution >= 0.6 is 11.6 Å². The van der Waals surface area contributed by atoms with Gasteiger partial charge in [0.2, 0.25) is 0 Å². The van der Waals surface area contributed by atoms with Crippen LogP contribution in [-0.4, -0.2) is 35.1 Å². The number of halogens is 1. The average molecular weight is 460 g/mol. The molecular weight excluding hydrogens is 434 g/mol. The summed E-state index contributed by atoms with van der Waals surface area (Å²) in [5.74, 6) is 1.05. The first-order valence-corrected chi connectivity index (χ1v) is 11.2. The van der Waals surface area contributed by atoms with Crippen LogP contribution < -0.4 is 20.3 Å². The van der Waals surface area contributed by atoms with Crippen molar-refractivity contribution >= 4 is 28.9 Å². The number of aromatic nitrogens is 2. The van der Waals surface area contributed by atoms with Crippen molar-refractivity contribution < 1.29 is 19.4 Å². The van der Waals surface area contributed by atoms with E-state index in [4.69, 9.17) is 21.1 Å². The number of carboxylic acids is 1. The second-order valence-electron chi connectivity index (χ2n) is 9.59. The summed E-state index contributed by atoms with van der Waals surface area (Å²) in [6.45, 7) is 0. The number of nitrogens with one attached hydrogen (secondary N) is 1. The highest BCUT2D eigenvalue weighted by atomic mass is 35.5. The molecule has 2 atom stereocenters. The molecule has 4 aliphatic carbocycles. The number of aliphatic carboxylic acids is 1. The first kappa shape index (κ1) is 21.1. The van der Waals surface area contributed by atoms with Gasteiger partial charge in [0.25, 0.3) is 5.56 Å². The molecule has 32 heavy (non-hydrogen) atoms. The molecule has 2 aromatic rings. The largest absolute Gasteiger partial charge is 0.497 e. The summed E-state index contributed by atoms with van der Waals surface area (Å²) in [6.07, 6.45) is 5.97. The minimum Gasteiger partial charge on any atom is -0.497 e. The zero-order valence-corrected chi connectivity index (χ0v) is 18.8. The number of rotatable bonds is 6. The normalized spacial score (nSPS) is 30.2. The van der Waals surface area contributed by atoms with Crippen LogP contribution in [0.3, 0.4) is 0 Å². The van der Waals surface area contributed by atoms with Gasteiger partial charge in [-0.2, -0.15) is 5.10 Å². The number of benzene rings is 1. The van der Waals surface area contributed by atoms with Crippen molar-refractivity contribution in [1.82, 2.24) is 9.78 Å². The monoisotopic (exact) mass is 459 g/mol. The van der Waals surface area contributed by atoms with E-state index in [2.05, 4.69) is 10.4 Å². The van der Waals surface area contributed by atoms with Crippen molar-refractivity contribution in [3.05, 3.63) is 39.8 Å². The smallest absolute Gasteiger partial charge is 0.309 e. The summed E-state index contributed by atoms with van der Waals surface area (Å²) in [6, 6.07) is 5.27. The molecule has 1 heterocycles. The summed E-state index contributed by atoms with van der Waals surface area (Å²) >= 11 is 6.52. The lowest BCUT2D eigenvalue weighted by molar-refractivity contribution is -0.173. The molecular formula is C23H26ClN3O5. The maximum absolute atomic E-state index is 13.3. The lowest BCUT2D eigenvalue weighted by Crippen LogP contribution is -2.61. The number of methoxy groups -OCH3 is 2. The fourth-order valence-corrected chi connectivity index (χ4v) is 6.78. The zero-order valence-electron chi connectivity index (χ0n) is 18.1. The first-order valence-electron chi connectivity index (χ1n) is 10.8. The molecule has 8 nitrogen and oxygen atoms in total. The van der Waals surface area contributed by atoms with Gasteiger partial charge in [0.15, 0.2) is 0 Å². The van der Waals surface area contributed by atoms with Gasteiger partial charge in [0.05, 0.1) is 37.1 Å². The number of carbonyl (C=O) groups is 1. The van der Waals surface area contributed by atoms with Gasteiger partial charge < -0.3 is 19.9 Å². The molecule has 1 aromatic heterocycles. The highest BCUT2D eigenvalue weighted by Gasteiger charge is 2.62. The molecule has 0 saturated heterocycles. The molecule has 0 spiro atoms. The Kier molecular flexibility index (Phi) is 4.89. The summed E-state index contributed by atoms with van der Waals surface area (Å²) in [4.78, 5) is 25.5. The van der Waals surface area contributed by atoms with E-state index in [1.54, 1.807) is 38.6 Å². The van der Waals surface area contributed by atoms with Gasteiger partial charge in [-0.25, -0.2) is 4.68 Å². The molecule has 4 saturated carbocycles. The van der Waals surface area contributed by atoms with Crippen LogP contribution in [0.1, 0.15) is 38.5 Å². The predicted octanol–water partition coefficient (Wildman–Crippen LogP) is 4.04. The second kappa shape index (κ2) is 7.40. The van der Waals surface area contributed by atoms with Crippen LogP contribution in [0.5, 0.6) is 11.5 Å². The van der Waals surface area contributed by atoms with Gasteiger partial charge in [-0.1, -0.05) is 11.6 Å². The minimum atomic E-state index is -0.758. The highest BCUT2D eigenvalue weighted by molar-refractivity contribution is 6.33. The van der Waals surface area contributed by atoms with Crippen molar-refractivity contribution in [2.24, 2.45) is 17.3 Å². The van der Waals surface area contributed by atoms with Gasteiger partial charge in [0.1, 0.15) is 16.5 Å². The van der Waals surface area contributed by atoms with Crippen LogP contribution in [-0.2, 0) is 10.3 Å². The lowest BCUT2D eigenvalue weighted by Gasteiger charge is -2.60. The summed E-state index contributed by atoms with van der Waals surface area (Å²) in [5.41, 5.74) is -0.719. The first-order chi connectivity index (χ1) is 15.3. The number of hydrogen-bond acceptors (Lipinski definition) is 6. The Morgan fingerprint density at radius 1 is 1.16 bits per heavy atom. The Morgan fingerprint density at radius 2 is 1.78 bits per heavy atom. The van der Waals surface area contributed by atoms with Gasteiger partial charge in [0, 0.05) is 23.9 Å². The molecule has 6 rings (SSSR count). The van der Waals surface area contributed by atoms with Crippen LogP contribution in [0.25, 0.3) is 0 Å². The zero-order chi connectivity index (χ0) is 22.7. The SMILES string of the molecule is COc1cc(Nc2cnn(C34CC5CC(CC(C(=O)O)(C5)C3)C4)c(=O)c2Cl)cc(OC)c1. The average Bonchev–Trinajstić information content (AvgIpc) is 2.75. The van der Waals surface area contributed by atoms with Crippen LogP contribution in [0.15, 0.2) is 29.2 Å². The Hall–Kier alpha value is -2.74. The Balaban J connectivity index is 1.50. The molecule has 4 aliphatic rings. The molecule has 0 aliphatic heterocycles. The lowest BCUT2D eigenvalue weighted by atomic mass is 9.47. The standard InChI is InChI=1S/C23H26ClN3O5/c1-31-16-4-15(5-17(6-16)32-2)26-18-11-25-27(20(28)19(18)24)23-9-13-3-14(10-23)8-22(7-13,12-23)21(29)30/h4-6,11,13-14,26H,3,7-10,12H2,1-2H3,(H,29,30). The number of hydrogen-bond donors (Lipinski definition) is 2. The van der Waals surface area contributed by atoms with Crippen LogP contribution in [0.4, 0.5) is 11.4 Å². The molecule has 9 heteroatoms. The van der Waals surface area contributed by atoms with E-state index < -0.39 is 22.5 Å². The third kappa shape index (κ3) is 3.23. The fourth-order valence-electron chi connectivity index (χ4n) is 6.61. The maximum Gasteiger partial charge on any atom is 0.309 e.